The van der Waals surface area contributed by atoms with Gasteiger partial charge < -0.3 is 15.0 Å². The summed E-state index contributed by atoms with van der Waals surface area (Å²) in [4.78, 5) is 11.1. The fraction of sp³-hybridized carbons (Fsp3) is 0.429. The molecule has 6 heteroatoms. The number of rotatable bonds is 4. The Morgan fingerprint density at radius 1 is 1.30 bits per heavy atom. The lowest BCUT2D eigenvalue weighted by Crippen LogP contribution is -2.42. The minimum Gasteiger partial charge on any atom is -0.439 e. The first-order valence-electron chi connectivity index (χ1n) is 9.50. The van der Waals surface area contributed by atoms with E-state index in [4.69, 9.17) is 4.74 Å². The van der Waals surface area contributed by atoms with Crippen molar-refractivity contribution in [2.75, 3.05) is 20.1 Å². The van der Waals surface area contributed by atoms with E-state index >= 15 is 0 Å². The molecule has 1 saturated heterocycles. The second kappa shape index (κ2) is 7.55. The highest BCUT2D eigenvalue weighted by Gasteiger charge is 2.43. The number of hydrogen-bond acceptors (Lipinski definition) is 3. The smallest absolute Gasteiger partial charge is 0.224 e. The van der Waals surface area contributed by atoms with Crippen LogP contribution in [0.25, 0.3) is 0 Å². The second-order valence-electron chi connectivity index (χ2n) is 7.45. The van der Waals surface area contributed by atoms with Gasteiger partial charge in [0.1, 0.15) is 11.6 Å². The number of benzene rings is 1. The molecule has 0 atom stereocenters. The van der Waals surface area contributed by atoms with E-state index in [1.807, 2.05) is 19.2 Å². The van der Waals surface area contributed by atoms with Crippen molar-refractivity contribution in [3.63, 3.8) is 0 Å². The maximum atomic E-state index is 13.4. The van der Waals surface area contributed by atoms with Crippen molar-refractivity contribution < 1.29 is 9.13 Å². The lowest BCUT2D eigenvalue weighted by molar-refractivity contribution is 0.151. The van der Waals surface area contributed by atoms with Crippen LogP contribution in [0.4, 0.5) is 4.39 Å². The predicted octanol–water partition coefficient (Wildman–Crippen LogP) is 3.96. The topological polar surface area (TPSA) is 49.8 Å². The second-order valence-corrected chi connectivity index (χ2v) is 7.45. The third-order valence-corrected chi connectivity index (χ3v) is 5.66. The number of aromatic nitrogens is 1. The van der Waals surface area contributed by atoms with Gasteiger partial charge in [-0.05, 0) is 42.9 Å². The Morgan fingerprint density at radius 2 is 2.19 bits per heavy atom. The van der Waals surface area contributed by atoms with Gasteiger partial charge in [0.2, 0.25) is 5.88 Å². The van der Waals surface area contributed by atoms with Crippen molar-refractivity contribution in [2.45, 2.75) is 32.2 Å². The summed E-state index contributed by atoms with van der Waals surface area (Å²) < 4.78 is 19.2. The van der Waals surface area contributed by atoms with Crippen LogP contribution in [-0.4, -0.2) is 36.0 Å². The van der Waals surface area contributed by atoms with Crippen LogP contribution in [0.3, 0.4) is 0 Å². The lowest BCUT2D eigenvalue weighted by Gasteiger charge is -2.38. The van der Waals surface area contributed by atoms with Gasteiger partial charge in [-0.15, -0.1) is 0 Å². The average Bonchev–Trinajstić information content (AvgIpc) is 3.10. The summed E-state index contributed by atoms with van der Waals surface area (Å²) in [5.74, 6) is 1.50. The summed E-state index contributed by atoms with van der Waals surface area (Å²) in [5.41, 5.74) is 1.43. The Bertz CT molecular complexity index is 834. The van der Waals surface area contributed by atoms with E-state index in [0.29, 0.717) is 23.6 Å². The summed E-state index contributed by atoms with van der Waals surface area (Å²) in [7, 11) is 1.82. The first kappa shape index (κ1) is 17.8. The third-order valence-electron chi connectivity index (χ3n) is 5.66. The molecule has 1 N–H and O–H groups in total. The monoisotopic (exact) mass is 368 g/mol. The van der Waals surface area contributed by atoms with E-state index in [2.05, 4.69) is 20.2 Å². The molecule has 27 heavy (non-hydrogen) atoms. The van der Waals surface area contributed by atoms with Crippen molar-refractivity contribution >= 4 is 5.96 Å². The fourth-order valence-corrected chi connectivity index (χ4v) is 4.00. The van der Waals surface area contributed by atoms with Crippen molar-refractivity contribution in [1.29, 1.82) is 0 Å². The van der Waals surface area contributed by atoms with E-state index in [-0.39, 0.29) is 5.82 Å². The summed E-state index contributed by atoms with van der Waals surface area (Å²) in [6.07, 6.45) is 6.97. The third kappa shape index (κ3) is 3.89. The number of nitrogens with one attached hydrogen (secondary N) is 1. The number of likely N-dealkylation sites (tertiary alicyclic amines) is 1. The predicted molar refractivity (Wildman–Crippen MR) is 103 cm³/mol. The quantitative estimate of drug-likeness (QED) is 0.655. The molecule has 0 radical (unpaired) electrons. The number of guanidine groups is 1. The summed E-state index contributed by atoms with van der Waals surface area (Å²) in [5, 5.41) is 3.43. The van der Waals surface area contributed by atoms with Crippen molar-refractivity contribution in [3.8, 4) is 11.6 Å². The summed E-state index contributed by atoms with van der Waals surface area (Å²) in [6.45, 7) is 2.69. The Labute approximate surface area is 159 Å². The van der Waals surface area contributed by atoms with Gasteiger partial charge in [-0.2, -0.15) is 0 Å². The molecule has 2 fully saturated rings. The summed E-state index contributed by atoms with van der Waals surface area (Å²) >= 11 is 0. The van der Waals surface area contributed by atoms with Crippen LogP contribution in [0.1, 0.15) is 31.2 Å². The number of nitrogens with zero attached hydrogens (tertiary/aromatic N) is 3. The van der Waals surface area contributed by atoms with Gasteiger partial charge in [-0.3, -0.25) is 4.99 Å². The van der Waals surface area contributed by atoms with E-state index in [0.717, 1.165) is 24.6 Å². The van der Waals surface area contributed by atoms with Crippen molar-refractivity contribution in [2.24, 2.45) is 10.4 Å². The molecule has 2 heterocycles. The number of hydrogen-bond donors (Lipinski definition) is 1. The van der Waals surface area contributed by atoms with Gasteiger partial charge >= 0.3 is 0 Å². The molecule has 5 nitrogen and oxygen atoms in total. The van der Waals surface area contributed by atoms with E-state index in [1.165, 1.54) is 37.8 Å². The number of aliphatic imine (C=N–C) groups is 1. The van der Waals surface area contributed by atoms with Gasteiger partial charge in [0.15, 0.2) is 5.96 Å². The average molecular weight is 368 g/mol. The molecule has 1 aromatic heterocycles. The SMILES string of the molecule is CN=C(NCc1cccnc1Oc1cccc(F)c1)N1CCC2(CCC2)C1. The van der Waals surface area contributed by atoms with E-state index < -0.39 is 0 Å². The molecule has 1 aliphatic carbocycles. The highest BCUT2D eigenvalue weighted by molar-refractivity contribution is 5.80. The molecule has 4 rings (SSSR count). The van der Waals surface area contributed by atoms with Crippen LogP contribution in [-0.2, 0) is 6.54 Å². The van der Waals surface area contributed by atoms with Crippen molar-refractivity contribution in [1.82, 2.24) is 15.2 Å². The highest BCUT2D eigenvalue weighted by atomic mass is 19.1. The standard InChI is InChI=1S/C21H25FN4O/c1-23-20(26-12-10-21(15-26)8-4-9-21)25-14-16-5-3-11-24-19(16)27-18-7-2-6-17(22)13-18/h2-3,5-7,11,13H,4,8-10,12,14-15H2,1H3,(H,23,25). The molecule has 2 aliphatic rings. The summed E-state index contributed by atoms with van der Waals surface area (Å²) in [6, 6.07) is 9.92. The molecule has 0 amide bonds. The molecule has 1 aliphatic heterocycles. The molecule has 142 valence electrons. The molecule has 0 unspecified atom stereocenters. The Hall–Kier alpha value is -2.63. The first-order valence-corrected chi connectivity index (χ1v) is 9.50. The first-order chi connectivity index (χ1) is 13.2. The van der Waals surface area contributed by atoms with Crippen LogP contribution in [0, 0.1) is 11.2 Å². The molecular formula is C21H25FN4O. The zero-order valence-electron chi connectivity index (χ0n) is 15.6. The maximum absolute atomic E-state index is 13.4. The normalized spacial score (nSPS) is 18.4. The molecule has 0 bridgehead atoms. The largest absolute Gasteiger partial charge is 0.439 e. The Kier molecular flexibility index (Phi) is 4.97. The lowest BCUT2D eigenvalue weighted by atomic mass is 9.68. The fourth-order valence-electron chi connectivity index (χ4n) is 4.00. The number of pyridine rings is 1. The zero-order chi connectivity index (χ0) is 18.7. The molecule has 1 saturated carbocycles. The van der Waals surface area contributed by atoms with Crippen molar-refractivity contribution in [3.05, 3.63) is 54.0 Å². The van der Waals surface area contributed by atoms with Crippen LogP contribution in [0.15, 0.2) is 47.6 Å². The minimum atomic E-state index is -0.331. The van der Waals surface area contributed by atoms with Crippen LogP contribution >= 0.6 is 0 Å². The Morgan fingerprint density at radius 3 is 2.89 bits per heavy atom. The van der Waals surface area contributed by atoms with Gasteiger partial charge in [-0.1, -0.05) is 18.6 Å². The molecule has 2 aromatic rings. The van der Waals surface area contributed by atoms with Crippen LogP contribution in [0.5, 0.6) is 11.6 Å². The minimum absolute atomic E-state index is 0.331. The molecule has 1 aromatic carbocycles. The molecule has 1 spiro atoms. The Balaban J connectivity index is 1.42. The van der Waals surface area contributed by atoms with Crippen LogP contribution < -0.4 is 10.1 Å². The highest BCUT2D eigenvalue weighted by Crippen LogP contribution is 2.47. The maximum Gasteiger partial charge on any atom is 0.224 e. The van der Waals surface area contributed by atoms with Gasteiger partial charge in [0, 0.05) is 44.5 Å². The number of ether oxygens (including phenoxy) is 1. The number of halogens is 1. The molecular weight excluding hydrogens is 343 g/mol. The zero-order valence-corrected chi connectivity index (χ0v) is 15.6. The van der Waals surface area contributed by atoms with E-state index in [1.54, 1.807) is 18.3 Å². The van der Waals surface area contributed by atoms with Gasteiger partial charge in [-0.25, -0.2) is 9.37 Å². The van der Waals surface area contributed by atoms with E-state index in [9.17, 15) is 4.39 Å². The van der Waals surface area contributed by atoms with Gasteiger partial charge in [0.25, 0.3) is 0 Å². The van der Waals surface area contributed by atoms with Gasteiger partial charge in [0.05, 0.1) is 0 Å². The van der Waals surface area contributed by atoms with Crippen LogP contribution in [0.2, 0.25) is 0 Å².